The molecule has 0 saturated carbocycles. The Balaban J connectivity index is 1.56. The zero-order valence-electron chi connectivity index (χ0n) is 15.6. The number of nitrogens with zero attached hydrogens (tertiary/aromatic N) is 4. The Morgan fingerprint density at radius 2 is 1.79 bits per heavy atom. The van der Waals surface area contributed by atoms with Crippen molar-refractivity contribution < 1.29 is 14.0 Å². The Hall–Kier alpha value is -3.42. The molecular weight excluding hydrogens is 358 g/mol. The summed E-state index contributed by atoms with van der Waals surface area (Å²) in [5.74, 6) is 0.449. The van der Waals surface area contributed by atoms with Gasteiger partial charge in [-0.1, -0.05) is 19.1 Å². The molecule has 144 valence electrons. The molecule has 3 aromatic rings. The summed E-state index contributed by atoms with van der Waals surface area (Å²) in [6, 6.07) is 9.09. The second kappa shape index (κ2) is 7.67. The molecule has 0 aliphatic carbocycles. The Kier molecular flexibility index (Phi) is 4.92. The predicted octanol–water partition coefficient (Wildman–Crippen LogP) is 2.53. The quantitative estimate of drug-likeness (QED) is 0.749. The van der Waals surface area contributed by atoms with Gasteiger partial charge in [0.25, 0.3) is 5.91 Å². The third kappa shape index (κ3) is 3.40. The Morgan fingerprint density at radius 1 is 1.07 bits per heavy atom. The highest BCUT2D eigenvalue weighted by molar-refractivity contribution is 6.10. The topological polar surface area (TPSA) is 91.6 Å². The van der Waals surface area contributed by atoms with Crippen molar-refractivity contribution >= 4 is 34.4 Å². The van der Waals surface area contributed by atoms with Gasteiger partial charge in [0.15, 0.2) is 0 Å². The van der Waals surface area contributed by atoms with E-state index in [1.807, 2.05) is 23.1 Å². The summed E-state index contributed by atoms with van der Waals surface area (Å²) < 4.78 is 5.83. The van der Waals surface area contributed by atoms with E-state index in [1.165, 1.54) is 0 Å². The standard InChI is InChI=1S/C20H21N5O3/c1-2-16(26)23-17-14-6-3-4-7-15(14)28-18(17)19(27)24-10-12-25(13-11-24)20-21-8-5-9-22-20/h3-9H,2,10-13H2,1H3,(H,23,26). The molecule has 8 heteroatoms. The van der Waals surface area contributed by atoms with Crippen molar-refractivity contribution in [1.82, 2.24) is 14.9 Å². The fourth-order valence-electron chi connectivity index (χ4n) is 3.26. The van der Waals surface area contributed by atoms with Crippen LogP contribution in [-0.4, -0.2) is 52.9 Å². The number of para-hydroxylation sites is 1. The van der Waals surface area contributed by atoms with Gasteiger partial charge < -0.3 is 19.5 Å². The number of hydrogen-bond acceptors (Lipinski definition) is 6. The van der Waals surface area contributed by atoms with Crippen LogP contribution in [0.25, 0.3) is 11.0 Å². The molecule has 28 heavy (non-hydrogen) atoms. The monoisotopic (exact) mass is 379 g/mol. The maximum Gasteiger partial charge on any atom is 0.291 e. The highest BCUT2D eigenvalue weighted by atomic mass is 16.3. The summed E-state index contributed by atoms with van der Waals surface area (Å²) in [6.07, 6.45) is 3.73. The Morgan fingerprint density at radius 3 is 2.50 bits per heavy atom. The van der Waals surface area contributed by atoms with E-state index in [0.717, 1.165) is 5.39 Å². The minimum Gasteiger partial charge on any atom is -0.449 e. The highest BCUT2D eigenvalue weighted by Crippen LogP contribution is 2.32. The molecule has 1 saturated heterocycles. The first-order valence-electron chi connectivity index (χ1n) is 9.30. The van der Waals surface area contributed by atoms with Gasteiger partial charge in [-0.15, -0.1) is 0 Å². The van der Waals surface area contributed by atoms with Crippen molar-refractivity contribution in [3.63, 3.8) is 0 Å². The number of carbonyl (C=O) groups excluding carboxylic acids is 2. The van der Waals surface area contributed by atoms with Crippen molar-refractivity contribution in [3.8, 4) is 0 Å². The van der Waals surface area contributed by atoms with Crippen molar-refractivity contribution in [3.05, 3.63) is 48.5 Å². The van der Waals surface area contributed by atoms with Crippen molar-refractivity contribution in [1.29, 1.82) is 0 Å². The molecule has 1 aromatic carbocycles. The second-order valence-corrected chi connectivity index (χ2v) is 6.53. The smallest absolute Gasteiger partial charge is 0.291 e. The predicted molar refractivity (Wildman–Crippen MR) is 105 cm³/mol. The number of nitrogens with one attached hydrogen (secondary N) is 1. The van der Waals surface area contributed by atoms with Crippen LogP contribution in [0.5, 0.6) is 0 Å². The van der Waals surface area contributed by atoms with Gasteiger partial charge in [-0.2, -0.15) is 0 Å². The van der Waals surface area contributed by atoms with Gasteiger partial charge >= 0.3 is 0 Å². The number of furan rings is 1. The third-order valence-electron chi connectivity index (χ3n) is 4.78. The van der Waals surface area contributed by atoms with Crippen LogP contribution in [-0.2, 0) is 4.79 Å². The van der Waals surface area contributed by atoms with Crippen molar-refractivity contribution in [2.24, 2.45) is 0 Å². The van der Waals surface area contributed by atoms with Gasteiger partial charge in [0.1, 0.15) is 11.3 Å². The SMILES string of the molecule is CCC(=O)Nc1c(C(=O)N2CCN(c3ncccn3)CC2)oc2ccccc12. The van der Waals surface area contributed by atoms with E-state index >= 15 is 0 Å². The number of carbonyl (C=O) groups is 2. The summed E-state index contributed by atoms with van der Waals surface area (Å²) >= 11 is 0. The van der Waals surface area contributed by atoms with E-state index in [2.05, 4.69) is 15.3 Å². The maximum absolute atomic E-state index is 13.1. The van der Waals surface area contributed by atoms with Gasteiger partial charge in [0, 0.05) is 50.4 Å². The molecule has 8 nitrogen and oxygen atoms in total. The van der Waals surface area contributed by atoms with Crippen LogP contribution in [0.3, 0.4) is 0 Å². The van der Waals surface area contributed by atoms with Gasteiger partial charge in [-0.3, -0.25) is 9.59 Å². The largest absolute Gasteiger partial charge is 0.449 e. The Labute approximate surface area is 162 Å². The number of anilines is 2. The maximum atomic E-state index is 13.1. The molecule has 1 fully saturated rings. The fourth-order valence-corrected chi connectivity index (χ4v) is 3.26. The molecule has 0 atom stereocenters. The lowest BCUT2D eigenvalue weighted by atomic mass is 10.2. The zero-order valence-corrected chi connectivity index (χ0v) is 15.6. The van der Waals surface area contributed by atoms with Crippen LogP contribution in [0.1, 0.15) is 23.9 Å². The van der Waals surface area contributed by atoms with E-state index in [0.29, 0.717) is 49.8 Å². The summed E-state index contributed by atoms with van der Waals surface area (Å²) in [4.78, 5) is 37.4. The fraction of sp³-hybridized carbons (Fsp3) is 0.300. The normalized spacial score (nSPS) is 14.3. The van der Waals surface area contributed by atoms with E-state index < -0.39 is 0 Å². The van der Waals surface area contributed by atoms with Crippen LogP contribution in [0, 0.1) is 0 Å². The van der Waals surface area contributed by atoms with Gasteiger partial charge in [0.2, 0.25) is 17.6 Å². The molecule has 0 bridgehead atoms. The molecule has 1 aliphatic rings. The molecule has 4 rings (SSSR count). The van der Waals surface area contributed by atoms with Gasteiger partial charge in [-0.05, 0) is 18.2 Å². The molecule has 0 radical (unpaired) electrons. The molecule has 0 unspecified atom stereocenters. The van der Waals surface area contributed by atoms with E-state index in [4.69, 9.17) is 4.42 Å². The molecule has 1 N–H and O–H groups in total. The number of amides is 2. The molecule has 2 amide bonds. The van der Waals surface area contributed by atoms with Crippen LogP contribution >= 0.6 is 0 Å². The zero-order chi connectivity index (χ0) is 19.5. The van der Waals surface area contributed by atoms with Crippen LogP contribution in [0.2, 0.25) is 0 Å². The molecular formula is C20H21N5O3. The van der Waals surface area contributed by atoms with Crippen LogP contribution in [0.15, 0.2) is 47.1 Å². The molecule has 0 spiro atoms. The van der Waals surface area contributed by atoms with E-state index in [1.54, 1.807) is 36.4 Å². The molecule has 2 aromatic heterocycles. The number of fused-ring (bicyclic) bond motifs is 1. The van der Waals surface area contributed by atoms with Crippen LogP contribution < -0.4 is 10.2 Å². The van der Waals surface area contributed by atoms with Crippen molar-refractivity contribution in [2.75, 3.05) is 36.4 Å². The number of benzene rings is 1. The molecule has 3 heterocycles. The number of rotatable bonds is 4. The summed E-state index contributed by atoms with van der Waals surface area (Å²) in [7, 11) is 0. The number of hydrogen-bond donors (Lipinski definition) is 1. The van der Waals surface area contributed by atoms with Gasteiger partial charge in [0.05, 0.1) is 0 Å². The highest BCUT2D eigenvalue weighted by Gasteiger charge is 2.29. The number of aromatic nitrogens is 2. The lowest BCUT2D eigenvalue weighted by Gasteiger charge is -2.34. The summed E-state index contributed by atoms with van der Waals surface area (Å²) in [6.45, 7) is 4.08. The third-order valence-corrected chi connectivity index (χ3v) is 4.78. The first-order chi connectivity index (χ1) is 13.7. The lowest BCUT2D eigenvalue weighted by molar-refractivity contribution is -0.115. The van der Waals surface area contributed by atoms with Crippen molar-refractivity contribution in [2.45, 2.75) is 13.3 Å². The van der Waals surface area contributed by atoms with E-state index in [9.17, 15) is 9.59 Å². The summed E-state index contributed by atoms with van der Waals surface area (Å²) in [5.41, 5.74) is 1.02. The second-order valence-electron chi connectivity index (χ2n) is 6.53. The lowest BCUT2D eigenvalue weighted by Crippen LogP contribution is -2.49. The van der Waals surface area contributed by atoms with Gasteiger partial charge in [-0.25, -0.2) is 9.97 Å². The first kappa shape index (κ1) is 18.0. The molecule has 1 aliphatic heterocycles. The Bertz CT molecular complexity index is 994. The average Bonchev–Trinajstić information content (AvgIpc) is 3.12. The first-order valence-corrected chi connectivity index (χ1v) is 9.30. The number of piperazine rings is 1. The van der Waals surface area contributed by atoms with E-state index in [-0.39, 0.29) is 17.6 Å². The minimum absolute atomic E-state index is 0.161. The summed E-state index contributed by atoms with van der Waals surface area (Å²) in [5, 5.41) is 3.55. The average molecular weight is 379 g/mol. The van der Waals surface area contributed by atoms with Crippen LogP contribution in [0.4, 0.5) is 11.6 Å². The minimum atomic E-state index is -0.226.